The van der Waals surface area contributed by atoms with Crippen LogP contribution >= 0.6 is 7.82 Å². The van der Waals surface area contributed by atoms with Crippen LogP contribution in [-0.2, 0) is 18.9 Å². The second kappa shape index (κ2) is 16.5. The zero-order valence-corrected chi connectivity index (χ0v) is 16.7. The minimum absolute atomic E-state index is 0.0794. The Morgan fingerprint density at radius 1 is 1.00 bits per heavy atom. The standard InChI is InChI=1S/C18H35O7P/c1-2-3-4-11-14-17(19)15-12-9-7-5-6-8-10-13-16-18(20)24-25-26(21,22)23/h9,12,17,19H,2-8,10-11,13-16H2,1H3,(H2,21,22,23)/b12-9-/t17-/m1/s1. The van der Waals surface area contributed by atoms with Crippen LogP contribution in [-0.4, -0.2) is 27.0 Å². The lowest BCUT2D eigenvalue weighted by Crippen LogP contribution is -2.04. The van der Waals surface area contributed by atoms with Gasteiger partial charge in [-0.25, -0.2) is 9.36 Å². The zero-order chi connectivity index (χ0) is 19.7. The van der Waals surface area contributed by atoms with Crippen molar-refractivity contribution in [1.82, 2.24) is 0 Å². The van der Waals surface area contributed by atoms with E-state index in [0.717, 1.165) is 51.4 Å². The van der Waals surface area contributed by atoms with Gasteiger partial charge < -0.3 is 14.9 Å². The highest BCUT2D eigenvalue weighted by Crippen LogP contribution is 2.36. The summed E-state index contributed by atoms with van der Waals surface area (Å²) in [4.78, 5) is 31.9. The summed E-state index contributed by atoms with van der Waals surface area (Å²) in [6, 6.07) is 0. The Balaban J connectivity index is 3.39. The first-order chi connectivity index (χ1) is 12.3. The minimum atomic E-state index is -4.76. The van der Waals surface area contributed by atoms with Gasteiger partial charge in [0.1, 0.15) is 0 Å². The van der Waals surface area contributed by atoms with Gasteiger partial charge in [0.05, 0.1) is 6.10 Å². The van der Waals surface area contributed by atoms with Crippen LogP contribution in [0.1, 0.15) is 90.4 Å². The van der Waals surface area contributed by atoms with Gasteiger partial charge in [0.15, 0.2) is 0 Å². The third-order valence-electron chi connectivity index (χ3n) is 3.94. The van der Waals surface area contributed by atoms with Crippen molar-refractivity contribution in [3.63, 3.8) is 0 Å². The predicted molar refractivity (Wildman–Crippen MR) is 100 cm³/mol. The van der Waals surface area contributed by atoms with E-state index in [1.807, 2.05) is 0 Å². The van der Waals surface area contributed by atoms with Gasteiger partial charge in [-0.15, -0.1) is 0 Å². The maximum atomic E-state index is 11.1. The molecule has 0 bridgehead atoms. The highest BCUT2D eigenvalue weighted by atomic mass is 31.2. The molecule has 0 saturated carbocycles. The van der Waals surface area contributed by atoms with Gasteiger partial charge >= 0.3 is 13.8 Å². The van der Waals surface area contributed by atoms with Gasteiger partial charge in [0.25, 0.3) is 0 Å². The molecule has 0 amide bonds. The van der Waals surface area contributed by atoms with Crippen LogP contribution in [0.15, 0.2) is 12.2 Å². The molecular weight excluding hydrogens is 359 g/mol. The highest BCUT2D eigenvalue weighted by molar-refractivity contribution is 7.46. The molecule has 0 aliphatic rings. The Morgan fingerprint density at radius 2 is 1.65 bits per heavy atom. The maximum absolute atomic E-state index is 11.1. The molecule has 0 aromatic rings. The minimum Gasteiger partial charge on any atom is -0.393 e. The van der Waals surface area contributed by atoms with E-state index in [1.165, 1.54) is 19.3 Å². The summed E-state index contributed by atoms with van der Waals surface area (Å²) in [5.74, 6) is -0.774. The van der Waals surface area contributed by atoms with Gasteiger partial charge in [-0.1, -0.05) is 68.7 Å². The van der Waals surface area contributed by atoms with Crippen molar-refractivity contribution < 1.29 is 33.8 Å². The summed E-state index contributed by atoms with van der Waals surface area (Å²) in [5, 5.41) is 9.83. The number of aliphatic hydroxyl groups excluding tert-OH is 1. The normalized spacial score (nSPS) is 13.2. The molecular formula is C18H35O7P. The molecule has 8 heteroatoms. The first kappa shape index (κ1) is 25.3. The lowest BCUT2D eigenvalue weighted by molar-refractivity contribution is -0.222. The van der Waals surface area contributed by atoms with Crippen molar-refractivity contribution in [2.45, 2.75) is 96.5 Å². The summed E-state index contributed by atoms with van der Waals surface area (Å²) >= 11 is 0. The molecule has 0 aromatic heterocycles. The van der Waals surface area contributed by atoms with Crippen LogP contribution < -0.4 is 0 Å². The molecule has 7 nitrogen and oxygen atoms in total. The van der Waals surface area contributed by atoms with E-state index < -0.39 is 13.8 Å². The van der Waals surface area contributed by atoms with Crippen LogP contribution in [0.25, 0.3) is 0 Å². The first-order valence-electron chi connectivity index (χ1n) is 9.63. The fourth-order valence-corrected chi connectivity index (χ4v) is 2.67. The average Bonchev–Trinajstić information content (AvgIpc) is 2.58. The lowest BCUT2D eigenvalue weighted by Gasteiger charge is -2.07. The number of phosphoric acid groups is 1. The largest absolute Gasteiger partial charge is 0.505 e. The number of hydrogen-bond acceptors (Lipinski definition) is 5. The summed E-state index contributed by atoms with van der Waals surface area (Å²) in [6.45, 7) is 2.18. The molecule has 0 saturated heterocycles. The van der Waals surface area contributed by atoms with Crippen molar-refractivity contribution >= 4 is 13.8 Å². The first-order valence-corrected chi connectivity index (χ1v) is 11.2. The third-order valence-corrected chi connectivity index (χ3v) is 4.21. The molecule has 0 spiro atoms. The van der Waals surface area contributed by atoms with Crippen molar-refractivity contribution in [3.8, 4) is 0 Å². The smallest absolute Gasteiger partial charge is 0.393 e. The fourth-order valence-electron chi connectivity index (χ4n) is 2.49. The van der Waals surface area contributed by atoms with Crippen LogP contribution in [0.5, 0.6) is 0 Å². The number of rotatable bonds is 17. The molecule has 1 atom stereocenters. The quantitative estimate of drug-likeness (QED) is 0.109. The molecule has 0 fully saturated rings. The van der Waals surface area contributed by atoms with E-state index in [1.54, 1.807) is 0 Å². The van der Waals surface area contributed by atoms with Crippen molar-refractivity contribution in [2.75, 3.05) is 0 Å². The van der Waals surface area contributed by atoms with Gasteiger partial charge in [-0.2, -0.15) is 0 Å². The Morgan fingerprint density at radius 3 is 2.35 bits per heavy atom. The summed E-state index contributed by atoms with van der Waals surface area (Å²) < 4.78 is 14.0. The van der Waals surface area contributed by atoms with Gasteiger partial charge in [0.2, 0.25) is 0 Å². The molecule has 0 aliphatic heterocycles. The molecule has 0 rings (SSSR count). The zero-order valence-electron chi connectivity index (χ0n) is 15.8. The number of carbonyl (C=O) groups is 1. The van der Waals surface area contributed by atoms with Crippen molar-refractivity contribution in [3.05, 3.63) is 12.2 Å². The summed E-state index contributed by atoms with van der Waals surface area (Å²) in [7, 11) is -4.76. The van der Waals surface area contributed by atoms with Crippen LogP contribution in [0.3, 0.4) is 0 Å². The van der Waals surface area contributed by atoms with E-state index in [4.69, 9.17) is 9.79 Å². The Hall–Kier alpha value is -0.720. The van der Waals surface area contributed by atoms with E-state index in [9.17, 15) is 14.5 Å². The SMILES string of the molecule is CCCCCC[C@@H](O)C/C=C\CCCCCCCC(=O)OOP(=O)(O)O. The monoisotopic (exact) mass is 394 g/mol. The van der Waals surface area contributed by atoms with Gasteiger partial charge in [0, 0.05) is 6.42 Å². The summed E-state index contributed by atoms with van der Waals surface area (Å²) in [6.07, 6.45) is 15.9. The number of hydrogen-bond donors (Lipinski definition) is 3. The fraction of sp³-hybridized carbons (Fsp3) is 0.833. The number of allylic oxidation sites excluding steroid dienone is 1. The highest BCUT2D eigenvalue weighted by Gasteiger charge is 2.18. The number of unbranched alkanes of at least 4 members (excludes halogenated alkanes) is 8. The third kappa shape index (κ3) is 19.6. The topological polar surface area (TPSA) is 113 Å². The van der Waals surface area contributed by atoms with Gasteiger partial charge in [-0.05, 0) is 32.1 Å². The van der Waals surface area contributed by atoms with E-state index in [0.29, 0.717) is 6.42 Å². The van der Waals surface area contributed by atoms with Crippen LogP contribution in [0.2, 0.25) is 0 Å². The lowest BCUT2D eigenvalue weighted by atomic mass is 10.1. The Kier molecular flexibility index (Phi) is 16.0. The molecule has 0 aromatic carbocycles. The number of carbonyl (C=O) groups excluding carboxylic acids is 1. The molecule has 0 radical (unpaired) electrons. The van der Waals surface area contributed by atoms with E-state index in [-0.39, 0.29) is 12.5 Å². The second-order valence-electron chi connectivity index (χ2n) is 6.54. The molecule has 0 unspecified atom stereocenters. The Bertz CT molecular complexity index is 420. The number of aliphatic hydroxyl groups is 1. The van der Waals surface area contributed by atoms with E-state index in [2.05, 4.69) is 28.6 Å². The average molecular weight is 394 g/mol. The molecule has 0 heterocycles. The molecule has 3 N–H and O–H groups in total. The molecule has 154 valence electrons. The van der Waals surface area contributed by atoms with Crippen molar-refractivity contribution in [1.29, 1.82) is 0 Å². The van der Waals surface area contributed by atoms with Gasteiger partial charge in [-0.3, -0.25) is 4.89 Å². The van der Waals surface area contributed by atoms with Crippen molar-refractivity contribution in [2.24, 2.45) is 0 Å². The summed E-state index contributed by atoms with van der Waals surface area (Å²) in [5.41, 5.74) is 0. The predicted octanol–water partition coefficient (Wildman–Crippen LogP) is 4.56. The molecule has 0 aliphatic carbocycles. The van der Waals surface area contributed by atoms with Crippen LogP contribution in [0, 0.1) is 0 Å². The van der Waals surface area contributed by atoms with Crippen LogP contribution in [0.4, 0.5) is 0 Å². The second-order valence-corrected chi connectivity index (χ2v) is 7.67. The Labute approximate surface area is 157 Å². The molecule has 26 heavy (non-hydrogen) atoms. The maximum Gasteiger partial charge on any atom is 0.505 e. The van der Waals surface area contributed by atoms with E-state index >= 15 is 0 Å².